The lowest BCUT2D eigenvalue weighted by atomic mass is 10.2. The summed E-state index contributed by atoms with van der Waals surface area (Å²) in [6.45, 7) is 1.69. The highest BCUT2D eigenvalue weighted by atomic mass is 16.6. The molecule has 0 saturated heterocycles. The number of hydrogen-bond donors (Lipinski definition) is 2. The third-order valence-electron chi connectivity index (χ3n) is 2.48. The van der Waals surface area contributed by atoms with Crippen molar-refractivity contribution < 1.29 is 19.1 Å². The summed E-state index contributed by atoms with van der Waals surface area (Å²) in [6, 6.07) is 6.13. The normalized spacial score (nSPS) is 11.5. The Bertz CT molecular complexity index is 431. The maximum Gasteiger partial charge on any atom is 0.343 e. The summed E-state index contributed by atoms with van der Waals surface area (Å²) < 4.78 is 9.63. The van der Waals surface area contributed by atoms with Crippen molar-refractivity contribution in [2.45, 2.75) is 19.4 Å². The number of hydrogen-bond acceptors (Lipinski definition) is 5. The van der Waals surface area contributed by atoms with Crippen LogP contribution in [0.2, 0.25) is 0 Å². The second kappa shape index (κ2) is 7.38. The Morgan fingerprint density at radius 1 is 1.32 bits per heavy atom. The summed E-state index contributed by atoms with van der Waals surface area (Å²) in [5.41, 5.74) is 6.23. The second-order valence-electron chi connectivity index (χ2n) is 3.89. The molecule has 0 fully saturated rings. The molecule has 1 amide bonds. The Morgan fingerprint density at radius 3 is 2.47 bits per heavy atom. The van der Waals surface area contributed by atoms with Crippen LogP contribution in [0.15, 0.2) is 24.3 Å². The lowest BCUT2D eigenvalue weighted by molar-refractivity contribution is -0.142. The van der Waals surface area contributed by atoms with Gasteiger partial charge in [-0.05, 0) is 30.7 Å². The van der Waals surface area contributed by atoms with E-state index in [-0.39, 0.29) is 12.5 Å². The SMILES string of the molecule is CC[C@H](N)C(=O)Nc1ccc(OCC(=O)OC)cc1. The van der Waals surface area contributed by atoms with Gasteiger partial charge in [0, 0.05) is 5.69 Å². The number of amides is 1. The van der Waals surface area contributed by atoms with Gasteiger partial charge in [-0.2, -0.15) is 0 Å². The molecule has 0 radical (unpaired) electrons. The zero-order valence-corrected chi connectivity index (χ0v) is 11.0. The van der Waals surface area contributed by atoms with Gasteiger partial charge < -0.3 is 20.5 Å². The Kier molecular flexibility index (Phi) is 5.81. The number of anilines is 1. The standard InChI is InChI=1S/C13H18N2O4/c1-3-11(14)13(17)15-9-4-6-10(7-5-9)19-8-12(16)18-2/h4-7,11H,3,8,14H2,1-2H3,(H,15,17)/t11-/m0/s1. The van der Waals surface area contributed by atoms with Crippen molar-refractivity contribution in [2.75, 3.05) is 19.0 Å². The van der Waals surface area contributed by atoms with Gasteiger partial charge >= 0.3 is 5.97 Å². The molecular weight excluding hydrogens is 248 g/mol. The van der Waals surface area contributed by atoms with E-state index >= 15 is 0 Å². The molecule has 104 valence electrons. The van der Waals surface area contributed by atoms with Crippen molar-refractivity contribution in [1.82, 2.24) is 0 Å². The molecule has 6 heteroatoms. The van der Waals surface area contributed by atoms with Gasteiger partial charge in [0.05, 0.1) is 13.2 Å². The first-order valence-corrected chi connectivity index (χ1v) is 5.93. The van der Waals surface area contributed by atoms with Crippen molar-refractivity contribution in [2.24, 2.45) is 5.73 Å². The minimum Gasteiger partial charge on any atom is -0.482 e. The average Bonchev–Trinajstić information content (AvgIpc) is 2.45. The second-order valence-corrected chi connectivity index (χ2v) is 3.89. The Balaban J connectivity index is 2.52. The molecule has 0 unspecified atom stereocenters. The zero-order chi connectivity index (χ0) is 14.3. The van der Waals surface area contributed by atoms with Crippen molar-refractivity contribution >= 4 is 17.6 Å². The largest absolute Gasteiger partial charge is 0.482 e. The Labute approximate surface area is 111 Å². The molecule has 3 N–H and O–H groups in total. The number of nitrogens with one attached hydrogen (secondary N) is 1. The zero-order valence-electron chi connectivity index (χ0n) is 11.0. The lowest BCUT2D eigenvalue weighted by Crippen LogP contribution is -2.34. The minimum atomic E-state index is -0.518. The number of rotatable bonds is 6. The molecule has 0 saturated carbocycles. The molecule has 1 aromatic carbocycles. The van der Waals surface area contributed by atoms with E-state index in [1.165, 1.54) is 7.11 Å². The molecule has 0 heterocycles. The molecule has 0 aliphatic rings. The van der Waals surface area contributed by atoms with Gasteiger partial charge in [-0.15, -0.1) is 0 Å². The van der Waals surface area contributed by atoms with Crippen LogP contribution in [0.1, 0.15) is 13.3 Å². The molecule has 1 rings (SSSR count). The fourth-order valence-electron chi connectivity index (χ4n) is 1.26. The van der Waals surface area contributed by atoms with Crippen LogP contribution >= 0.6 is 0 Å². The smallest absolute Gasteiger partial charge is 0.343 e. The molecule has 0 spiro atoms. The van der Waals surface area contributed by atoms with Crippen LogP contribution in [0.5, 0.6) is 5.75 Å². The van der Waals surface area contributed by atoms with Gasteiger partial charge in [0.1, 0.15) is 5.75 Å². The van der Waals surface area contributed by atoms with Crippen LogP contribution < -0.4 is 15.8 Å². The van der Waals surface area contributed by atoms with Crippen molar-refractivity contribution in [1.29, 1.82) is 0 Å². The van der Waals surface area contributed by atoms with E-state index in [1.807, 2.05) is 6.92 Å². The number of esters is 1. The summed E-state index contributed by atoms with van der Waals surface area (Å²) >= 11 is 0. The van der Waals surface area contributed by atoms with E-state index in [2.05, 4.69) is 10.1 Å². The van der Waals surface area contributed by atoms with Crippen molar-refractivity contribution in [3.63, 3.8) is 0 Å². The van der Waals surface area contributed by atoms with Crippen LogP contribution in [0.4, 0.5) is 5.69 Å². The van der Waals surface area contributed by atoms with Crippen molar-refractivity contribution in [3.05, 3.63) is 24.3 Å². The number of carbonyl (C=O) groups is 2. The summed E-state index contributed by atoms with van der Waals surface area (Å²) in [6.07, 6.45) is 0.576. The molecule has 19 heavy (non-hydrogen) atoms. The Hall–Kier alpha value is -2.08. The van der Waals surface area contributed by atoms with E-state index in [4.69, 9.17) is 10.5 Å². The van der Waals surface area contributed by atoms with E-state index in [9.17, 15) is 9.59 Å². The van der Waals surface area contributed by atoms with E-state index < -0.39 is 12.0 Å². The van der Waals surface area contributed by atoms with Crippen LogP contribution in [0.3, 0.4) is 0 Å². The third-order valence-corrected chi connectivity index (χ3v) is 2.48. The van der Waals surface area contributed by atoms with E-state index in [0.29, 0.717) is 17.9 Å². The number of methoxy groups -OCH3 is 1. The number of carbonyl (C=O) groups excluding carboxylic acids is 2. The predicted octanol–water partition coefficient (Wildman–Crippen LogP) is 0.914. The van der Waals surface area contributed by atoms with Crippen LogP contribution in [-0.4, -0.2) is 31.6 Å². The molecule has 0 aromatic heterocycles. The maximum atomic E-state index is 11.6. The summed E-state index contributed by atoms with van der Waals surface area (Å²) in [5.74, 6) is -0.166. The van der Waals surface area contributed by atoms with Crippen LogP contribution in [-0.2, 0) is 14.3 Å². The highest BCUT2D eigenvalue weighted by molar-refractivity contribution is 5.94. The summed E-state index contributed by atoms with van der Waals surface area (Å²) in [5, 5.41) is 2.68. The van der Waals surface area contributed by atoms with Gasteiger partial charge in [-0.25, -0.2) is 4.79 Å². The topological polar surface area (TPSA) is 90.7 Å². The highest BCUT2D eigenvalue weighted by Crippen LogP contribution is 2.15. The quantitative estimate of drug-likeness (QED) is 0.747. The first-order valence-electron chi connectivity index (χ1n) is 5.93. The maximum absolute atomic E-state index is 11.6. The molecule has 1 atom stereocenters. The number of benzene rings is 1. The average molecular weight is 266 g/mol. The number of nitrogens with two attached hydrogens (primary N) is 1. The molecular formula is C13H18N2O4. The fourth-order valence-corrected chi connectivity index (χ4v) is 1.26. The predicted molar refractivity (Wildman–Crippen MR) is 70.8 cm³/mol. The van der Waals surface area contributed by atoms with Crippen LogP contribution in [0.25, 0.3) is 0 Å². The molecule has 1 aromatic rings. The fraction of sp³-hybridized carbons (Fsp3) is 0.385. The van der Waals surface area contributed by atoms with Gasteiger partial charge in [0.25, 0.3) is 0 Å². The van der Waals surface area contributed by atoms with Gasteiger partial charge in [0.15, 0.2) is 6.61 Å². The van der Waals surface area contributed by atoms with E-state index in [1.54, 1.807) is 24.3 Å². The molecule has 0 aliphatic carbocycles. The van der Waals surface area contributed by atoms with Crippen LogP contribution in [0, 0.1) is 0 Å². The first kappa shape index (κ1) is 15.0. The third kappa shape index (κ3) is 4.97. The summed E-state index contributed by atoms with van der Waals surface area (Å²) in [7, 11) is 1.29. The molecule has 6 nitrogen and oxygen atoms in total. The minimum absolute atomic E-state index is 0.150. The van der Waals surface area contributed by atoms with E-state index in [0.717, 1.165) is 0 Å². The highest BCUT2D eigenvalue weighted by Gasteiger charge is 2.10. The summed E-state index contributed by atoms with van der Waals surface area (Å²) in [4.78, 5) is 22.4. The van der Waals surface area contributed by atoms with Crippen molar-refractivity contribution in [3.8, 4) is 5.75 Å². The van der Waals surface area contributed by atoms with Gasteiger partial charge in [0.2, 0.25) is 5.91 Å². The first-order chi connectivity index (χ1) is 9.06. The molecule has 0 bridgehead atoms. The molecule has 0 aliphatic heterocycles. The number of ether oxygens (including phenoxy) is 2. The Morgan fingerprint density at radius 2 is 1.95 bits per heavy atom. The van der Waals surface area contributed by atoms with Gasteiger partial charge in [-0.1, -0.05) is 6.92 Å². The van der Waals surface area contributed by atoms with Gasteiger partial charge in [-0.3, -0.25) is 4.79 Å². The monoisotopic (exact) mass is 266 g/mol. The lowest BCUT2D eigenvalue weighted by Gasteiger charge is -2.10.